The van der Waals surface area contributed by atoms with E-state index in [0.29, 0.717) is 6.54 Å². The number of piperazine rings is 1. The minimum atomic E-state index is 0.0251. The third-order valence-corrected chi connectivity index (χ3v) is 2.18. The maximum absolute atomic E-state index is 8.84. The molecule has 1 aliphatic rings. The molecular formula is C8H16N4. The lowest BCUT2D eigenvalue weighted by molar-refractivity contribution is 0.200. The summed E-state index contributed by atoms with van der Waals surface area (Å²) in [6, 6.07) is 2.32. The lowest BCUT2D eigenvalue weighted by Crippen LogP contribution is -2.48. The van der Waals surface area contributed by atoms with E-state index >= 15 is 0 Å². The minimum absolute atomic E-state index is 0.0251. The third-order valence-electron chi connectivity index (χ3n) is 2.18. The highest BCUT2D eigenvalue weighted by atomic mass is 15.2. The van der Waals surface area contributed by atoms with E-state index in [4.69, 9.17) is 11.0 Å². The van der Waals surface area contributed by atoms with Crippen LogP contribution in [-0.4, -0.2) is 43.7 Å². The van der Waals surface area contributed by atoms with Crippen LogP contribution in [0.4, 0.5) is 0 Å². The highest BCUT2D eigenvalue weighted by molar-refractivity contribution is 4.93. The van der Waals surface area contributed by atoms with Gasteiger partial charge in [0.05, 0.1) is 12.1 Å². The van der Waals surface area contributed by atoms with Crippen LogP contribution < -0.4 is 11.1 Å². The summed E-state index contributed by atoms with van der Waals surface area (Å²) >= 11 is 0. The average molecular weight is 168 g/mol. The molecule has 1 unspecified atom stereocenters. The molecule has 0 spiro atoms. The number of rotatable bonds is 3. The summed E-state index contributed by atoms with van der Waals surface area (Å²) in [6.07, 6.45) is 0.788. The zero-order valence-corrected chi connectivity index (χ0v) is 7.29. The third kappa shape index (κ3) is 2.45. The first kappa shape index (κ1) is 9.46. The first-order valence-corrected chi connectivity index (χ1v) is 4.43. The number of hydrogen-bond donors (Lipinski definition) is 2. The van der Waals surface area contributed by atoms with Crippen molar-refractivity contribution in [3.8, 4) is 6.07 Å². The van der Waals surface area contributed by atoms with Gasteiger partial charge in [0, 0.05) is 26.2 Å². The molecule has 3 N–H and O–H groups in total. The van der Waals surface area contributed by atoms with Gasteiger partial charge in [0.1, 0.15) is 0 Å². The monoisotopic (exact) mass is 168 g/mol. The van der Waals surface area contributed by atoms with Crippen LogP contribution in [0.2, 0.25) is 0 Å². The number of nitrogens with zero attached hydrogens (tertiary/aromatic N) is 2. The molecule has 0 aromatic rings. The Kier molecular flexibility index (Phi) is 4.01. The molecule has 1 rings (SSSR count). The van der Waals surface area contributed by atoms with E-state index in [-0.39, 0.29) is 6.04 Å². The summed E-state index contributed by atoms with van der Waals surface area (Å²) in [5.74, 6) is 0. The fraction of sp³-hybridized carbons (Fsp3) is 0.875. The van der Waals surface area contributed by atoms with Crippen LogP contribution >= 0.6 is 0 Å². The standard InChI is InChI=1S/C8H16N4/c9-2-1-8(7-10)12-5-3-11-4-6-12/h8,11H,1-6,9H2. The van der Waals surface area contributed by atoms with Crippen molar-refractivity contribution in [1.82, 2.24) is 10.2 Å². The predicted octanol–water partition coefficient (Wildman–Crippen LogP) is -0.867. The summed E-state index contributed by atoms with van der Waals surface area (Å²) < 4.78 is 0. The molecule has 68 valence electrons. The summed E-state index contributed by atoms with van der Waals surface area (Å²) in [5.41, 5.74) is 5.42. The maximum atomic E-state index is 8.84. The second kappa shape index (κ2) is 5.09. The number of nitrogens with one attached hydrogen (secondary N) is 1. The van der Waals surface area contributed by atoms with E-state index in [2.05, 4.69) is 16.3 Å². The van der Waals surface area contributed by atoms with Crippen molar-refractivity contribution in [2.75, 3.05) is 32.7 Å². The molecule has 1 heterocycles. The highest BCUT2D eigenvalue weighted by Gasteiger charge is 2.18. The van der Waals surface area contributed by atoms with Crippen molar-refractivity contribution < 1.29 is 0 Å². The van der Waals surface area contributed by atoms with Gasteiger partial charge in [-0.2, -0.15) is 5.26 Å². The molecule has 0 saturated carbocycles. The largest absolute Gasteiger partial charge is 0.330 e. The molecule has 0 aliphatic carbocycles. The van der Waals surface area contributed by atoms with Gasteiger partial charge in [-0.05, 0) is 13.0 Å². The molecule has 0 bridgehead atoms. The van der Waals surface area contributed by atoms with Crippen molar-refractivity contribution in [3.05, 3.63) is 0 Å². The van der Waals surface area contributed by atoms with Crippen molar-refractivity contribution in [1.29, 1.82) is 5.26 Å². The Morgan fingerprint density at radius 3 is 2.67 bits per heavy atom. The molecule has 1 fully saturated rings. The van der Waals surface area contributed by atoms with Gasteiger partial charge in [0.25, 0.3) is 0 Å². The van der Waals surface area contributed by atoms with Crippen LogP contribution in [0.3, 0.4) is 0 Å². The maximum Gasteiger partial charge on any atom is 0.0990 e. The van der Waals surface area contributed by atoms with E-state index in [9.17, 15) is 0 Å². The lowest BCUT2D eigenvalue weighted by Gasteiger charge is -2.30. The van der Waals surface area contributed by atoms with Crippen LogP contribution in [0.15, 0.2) is 0 Å². The van der Waals surface area contributed by atoms with Crippen molar-refractivity contribution in [2.45, 2.75) is 12.5 Å². The van der Waals surface area contributed by atoms with Gasteiger partial charge in [0.2, 0.25) is 0 Å². The molecule has 12 heavy (non-hydrogen) atoms. The fourth-order valence-electron chi connectivity index (χ4n) is 1.48. The zero-order chi connectivity index (χ0) is 8.81. The van der Waals surface area contributed by atoms with Crippen LogP contribution in [0.5, 0.6) is 0 Å². The normalized spacial score (nSPS) is 21.7. The lowest BCUT2D eigenvalue weighted by atomic mass is 10.2. The molecule has 0 aromatic heterocycles. The molecule has 4 nitrogen and oxygen atoms in total. The first-order valence-electron chi connectivity index (χ1n) is 4.43. The molecule has 0 radical (unpaired) electrons. The summed E-state index contributed by atoms with van der Waals surface area (Å²) in [6.45, 7) is 4.52. The second-order valence-electron chi connectivity index (χ2n) is 3.01. The van der Waals surface area contributed by atoms with Crippen LogP contribution in [-0.2, 0) is 0 Å². The van der Waals surface area contributed by atoms with E-state index in [1.54, 1.807) is 0 Å². The Morgan fingerprint density at radius 2 is 2.17 bits per heavy atom. The van der Waals surface area contributed by atoms with Gasteiger partial charge >= 0.3 is 0 Å². The van der Waals surface area contributed by atoms with Crippen LogP contribution in [0.1, 0.15) is 6.42 Å². The Balaban J connectivity index is 2.36. The quantitative estimate of drug-likeness (QED) is 0.575. The van der Waals surface area contributed by atoms with Crippen LogP contribution in [0, 0.1) is 11.3 Å². The molecule has 0 amide bonds. The minimum Gasteiger partial charge on any atom is -0.330 e. The predicted molar refractivity (Wildman–Crippen MR) is 47.5 cm³/mol. The molecule has 0 aromatic carbocycles. The van der Waals surface area contributed by atoms with Crippen molar-refractivity contribution in [3.63, 3.8) is 0 Å². The molecule has 4 heteroatoms. The number of hydrogen-bond acceptors (Lipinski definition) is 4. The van der Waals surface area contributed by atoms with E-state index in [0.717, 1.165) is 32.6 Å². The van der Waals surface area contributed by atoms with E-state index in [1.807, 2.05) is 0 Å². The second-order valence-corrected chi connectivity index (χ2v) is 3.01. The van der Waals surface area contributed by atoms with E-state index < -0.39 is 0 Å². The number of nitrogens with two attached hydrogens (primary N) is 1. The first-order chi connectivity index (χ1) is 5.88. The summed E-state index contributed by atoms with van der Waals surface area (Å²) in [7, 11) is 0. The van der Waals surface area contributed by atoms with Crippen molar-refractivity contribution in [2.24, 2.45) is 5.73 Å². The van der Waals surface area contributed by atoms with Gasteiger partial charge in [-0.3, -0.25) is 4.90 Å². The Morgan fingerprint density at radius 1 is 1.50 bits per heavy atom. The topological polar surface area (TPSA) is 65.1 Å². The van der Waals surface area contributed by atoms with E-state index in [1.165, 1.54) is 0 Å². The Hall–Kier alpha value is -0.630. The molecule has 1 aliphatic heterocycles. The Labute approximate surface area is 73.3 Å². The Bertz CT molecular complexity index is 157. The van der Waals surface area contributed by atoms with Gasteiger partial charge in [-0.25, -0.2) is 0 Å². The molecule has 1 saturated heterocycles. The van der Waals surface area contributed by atoms with Gasteiger partial charge in [-0.1, -0.05) is 0 Å². The number of nitriles is 1. The van der Waals surface area contributed by atoms with Gasteiger partial charge < -0.3 is 11.1 Å². The smallest absolute Gasteiger partial charge is 0.0990 e. The van der Waals surface area contributed by atoms with Gasteiger partial charge in [-0.15, -0.1) is 0 Å². The molecular weight excluding hydrogens is 152 g/mol. The average Bonchev–Trinajstić information content (AvgIpc) is 2.15. The summed E-state index contributed by atoms with van der Waals surface area (Å²) in [4.78, 5) is 2.20. The molecule has 1 atom stereocenters. The summed E-state index contributed by atoms with van der Waals surface area (Å²) in [5, 5.41) is 12.1. The van der Waals surface area contributed by atoms with Crippen molar-refractivity contribution >= 4 is 0 Å². The van der Waals surface area contributed by atoms with Gasteiger partial charge in [0.15, 0.2) is 0 Å². The van der Waals surface area contributed by atoms with Crippen LogP contribution in [0.25, 0.3) is 0 Å². The highest BCUT2D eigenvalue weighted by Crippen LogP contribution is 2.03. The zero-order valence-electron chi connectivity index (χ0n) is 7.29. The fourth-order valence-corrected chi connectivity index (χ4v) is 1.48. The SMILES string of the molecule is N#CC(CCN)N1CCNCC1.